The quantitative estimate of drug-likeness (QED) is 0.198. The molecular formula is C37H35N5O3. The van der Waals surface area contributed by atoms with E-state index in [1.165, 1.54) is 11.6 Å². The molecule has 5 aromatic rings. The lowest BCUT2D eigenvalue weighted by molar-refractivity contribution is -0.144. The molecule has 6 rings (SSSR count). The summed E-state index contributed by atoms with van der Waals surface area (Å²) in [6.07, 6.45) is 9.70. The summed E-state index contributed by atoms with van der Waals surface area (Å²) in [6.45, 7) is 1.39. The van der Waals surface area contributed by atoms with Crippen LogP contribution in [-0.4, -0.2) is 56.1 Å². The van der Waals surface area contributed by atoms with Gasteiger partial charge < -0.3 is 14.5 Å². The van der Waals surface area contributed by atoms with Crippen LogP contribution >= 0.6 is 0 Å². The van der Waals surface area contributed by atoms with Gasteiger partial charge in [-0.25, -0.2) is 9.67 Å². The Morgan fingerprint density at radius 3 is 2.40 bits per heavy atom. The van der Waals surface area contributed by atoms with E-state index in [0.29, 0.717) is 25.4 Å². The van der Waals surface area contributed by atoms with Gasteiger partial charge in [-0.2, -0.15) is 5.10 Å². The third kappa shape index (κ3) is 7.18. The molecule has 8 nitrogen and oxygen atoms in total. The zero-order valence-electron chi connectivity index (χ0n) is 25.2. The standard InChI is InChI=1S/C37H35N5O3/c1-45-35-18-14-29(25-38-35)15-19-36(43)41(26-30-12-16-33(17-13-30)42-22-7-21-39-42)34(24-28-8-3-2-4-9-28)37(44)40-23-20-31-10-5-6-11-32(31)27-40/h2-19,21-22,25,34H,20,23-24,26-27H2,1H3. The molecule has 8 heteroatoms. The smallest absolute Gasteiger partial charge is 0.247 e. The topological polar surface area (TPSA) is 80.6 Å². The maximum atomic E-state index is 14.5. The number of carbonyl (C=O) groups excluding carboxylic acids is 2. The van der Waals surface area contributed by atoms with E-state index in [-0.39, 0.29) is 18.4 Å². The summed E-state index contributed by atoms with van der Waals surface area (Å²) in [5.74, 6) is 0.179. The molecule has 2 aromatic heterocycles. The maximum absolute atomic E-state index is 14.5. The Bertz CT molecular complexity index is 1750. The van der Waals surface area contributed by atoms with Crippen molar-refractivity contribution in [3.63, 3.8) is 0 Å². The fourth-order valence-corrected chi connectivity index (χ4v) is 5.65. The highest BCUT2D eigenvalue weighted by molar-refractivity contribution is 5.95. The van der Waals surface area contributed by atoms with Gasteiger partial charge in [-0.3, -0.25) is 9.59 Å². The molecule has 1 atom stereocenters. The number of carbonyl (C=O) groups is 2. The second-order valence-electron chi connectivity index (χ2n) is 11.0. The Labute approximate surface area is 263 Å². The van der Waals surface area contributed by atoms with E-state index >= 15 is 0 Å². The second-order valence-corrected chi connectivity index (χ2v) is 11.0. The van der Waals surface area contributed by atoms with E-state index in [2.05, 4.69) is 22.2 Å². The van der Waals surface area contributed by atoms with Crippen molar-refractivity contribution in [2.75, 3.05) is 13.7 Å². The fourth-order valence-electron chi connectivity index (χ4n) is 5.65. The number of aromatic nitrogens is 3. The Morgan fingerprint density at radius 1 is 0.911 bits per heavy atom. The first kappa shape index (κ1) is 29.6. The highest BCUT2D eigenvalue weighted by atomic mass is 16.5. The molecule has 45 heavy (non-hydrogen) atoms. The number of fused-ring (bicyclic) bond motifs is 1. The largest absolute Gasteiger partial charge is 0.481 e. The van der Waals surface area contributed by atoms with Crippen LogP contribution < -0.4 is 4.74 Å². The predicted octanol–water partition coefficient (Wildman–Crippen LogP) is 5.51. The van der Waals surface area contributed by atoms with Crippen molar-refractivity contribution < 1.29 is 14.3 Å². The highest BCUT2D eigenvalue weighted by Gasteiger charge is 2.34. The third-order valence-electron chi connectivity index (χ3n) is 8.10. The maximum Gasteiger partial charge on any atom is 0.247 e. The van der Waals surface area contributed by atoms with Crippen LogP contribution in [0, 0.1) is 0 Å². The van der Waals surface area contributed by atoms with Crippen LogP contribution in [0.2, 0.25) is 0 Å². The predicted molar refractivity (Wildman–Crippen MR) is 173 cm³/mol. The molecule has 0 bridgehead atoms. The summed E-state index contributed by atoms with van der Waals surface area (Å²) >= 11 is 0. The van der Waals surface area contributed by atoms with Crippen molar-refractivity contribution in [3.8, 4) is 11.6 Å². The van der Waals surface area contributed by atoms with Crippen molar-refractivity contribution in [3.05, 3.63) is 150 Å². The molecule has 226 valence electrons. The number of amides is 2. The van der Waals surface area contributed by atoms with Gasteiger partial charge in [-0.1, -0.05) is 66.7 Å². The molecule has 1 unspecified atom stereocenters. The van der Waals surface area contributed by atoms with Crippen molar-refractivity contribution in [1.82, 2.24) is 24.6 Å². The van der Waals surface area contributed by atoms with E-state index in [9.17, 15) is 9.59 Å². The number of hydrogen-bond acceptors (Lipinski definition) is 5. The number of benzene rings is 3. The average molecular weight is 598 g/mol. The van der Waals surface area contributed by atoms with Crippen molar-refractivity contribution in [1.29, 1.82) is 0 Å². The second kappa shape index (κ2) is 13.9. The lowest BCUT2D eigenvalue weighted by atomic mass is 9.97. The molecule has 2 amide bonds. The summed E-state index contributed by atoms with van der Waals surface area (Å²) in [5, 5.41) is 4.32. The van der Waals surface area contributed by atoms with Gasteiger partial charge in [0.2, 0.25) is 17.7 Å². The van der Waals surface area contributed by atoms with Crippen LogP contribution in [0.3, 0.4) is 0 Å². The van der Waals surface area contributed by atoms with Crippen molar-refractivity contribution >= 4 is 17.9 Å². The Balaban J connectivity index is 1.33. The summed E-state index contributed by atoms with van der Waals surface area (Å²) in [6, 6.07) is 30.8. The van der Waals surface area contributed by atoms with Gasteiger partial charge in [0, 0.05) is 56.8 Å². The van der Waals surface area contributed by atoms with Crippen LogP contribution in [0.15, 0.2) is 122 Å². The number of ether oxygens (including phenoxy) is 1. The minimum atomic E-state index is -0.713. The van der Waals surface area contributed by atoms with Crippen molar-refractivity contribution in [2.45, 2.75) is 32.0 Å². The molecule has 3 aromatic carbocycles. The van der Waals surface area contributed by atoms with Gasteiger partial charge in [0.15, 0.2) is 0 Å². The van der Waals surface area contributed by atoms with E-state index in [1.807, 2.05) is 90.0 Å². The molecule has 0 radical (unpaired) electrons. The minimum absolute atomic E-state index is 0.0608. The molecule has 1 aliphatic rings. The van der Waals surface area contributed by atoms with E-state index < -0.39 is 6.04 Å². The minimum Gasteiger partial charge on any atom is -0.481 e. The molecule has 0 aliphatic carbocycles. The summed E-state index contributed by atoms with van der Waals surface area (Å²) in [4.78, 5) is 36.4. The average Bonchev–Trinajstić information content (AvgIpc) is 3.64. The number of methoxy groups -OCH3 is 1. The molecule has 0 spiro atoms. The zero-order chi connectivity index (χ0) is 31.0. The first-order chi connectivity index (χ1) is 22.1. The lowest BCUT2D eigenvalue weighted by Crippen LogP contribution is -2.52. The monoisotopic (exact) mass is 597 g/mol. The first-order valence-electron chi connectivity index (χ1n) is 15.0. The lowest BCUT2D eigenvalue weighted by Gasteiger charge is -2.37. The van der Waals surface area contributed by atoms with Crippen LogP contribution in [0.5, 0.6) is 5.88 Å². The molecule has 3 heterocycles. The number of rotatable bonds is 10. The fraction of sp³-hybridized carbons (Fsp3) is 0.189. The normalized spacial score (nSPS) is 13.3. The molecule has 0 N–H and O–H groups in total. The Kier molecular flexibility index (Phi) is 9.11. The number of nitrogens with zero attached hydrogens (tertiary/aromatic N) is 5. The zero-order valence-corrected chi connectivity index (χ0v) is 25.2. The van der Waals surface area contributed by atoms with Gasteiger partial charge in [0.1, 0.15) is 6.04 Å². The summed E-state index contributed by atoms with van der Waals surface area (Å²) in [5.41, 5.74) is 5.98. The highest BCUT2D eigenvalue weighted by Crippen LogP contribution is 2.23. The van der Waals surface area contributed by atoms with E-state index in [0.717, 1.165) is 34.4 Å². The van der Waals surface area contributed by atoms with Crippen LogP contribution in [0.25, 0.3) is 11.8 Å². The molecule has 0 fully saturated rings. The number of hydrogen-bond donors (Lipinski definition) is 0. The van der Waals surface area contributed by atoms with Gasteiger partial charge >= 0.3 is 0 Å². The van der Waals surface area contributed by atoms with Gasteiger partial charge in [-0.15, -0.1) is 0 Å². The number of pyridine rings is 1. The van der Waals surface area contributed by atoms with Crippen molar-refractivity contribution in [2.24, 2.45) is 0 Å². The Morgan fingerprint density at radius 2 is 1.69 bits per heavy atom. The van der Waals surface area contributed by atoms with Crippen LogP contribution in [0.4, 0.5) is 0 Å². The van der Waals surface area contributed by atoms with Gasteiger partial charge in [0.25, 0.3) is 0 Å². The van der Waals surface area contributed by atoms with Gasteiger partial charge in [-0.05, 0) is 64.6 Å². The summed E-state index contributed by atoms with van der Waals surface area (Å²) < 4.78 is 6.95. The van der Waals surface area contributed by atoms with Crippen LogP contribution in [0.1, 0.15) is 27.8 Å². The van der Waals surface area contributed by atoms with E-state index in [1.54, 1.807) is 41.2 Å². The van der Waals surface area contributed by atoms with Crippen LogP contribution in [-0.2, 0) is 35.5 Å². The summed E-state index contributed by atoms with van der Waals surface area (Å²) in [7, 11) is 1.56. The SMILES string of the molecule is COc1ccc(C=CC(=O)N(Cc2ccc(-n3cccn3)cc2)C(Cc2ccccc2)C(=O)N2CCc3ccccc3C2)cn1. The third-order valence-corrected chi connectivity index (χ3v) is 8.10. The van der Waals surface area contributed by atoms with E-state index in [4.69, 9.17) is 4.74 Å². The molecular weight excluding hydrogens is 562 g/mol. The molecule has 0 saturated heterocycles. The van der Waals surface area contributed by atoms with Gasteiger partial charge in [0.05, 0.1) is 12.8 Å². The molecule has 0 saturated carbocycles. The first-order valence-corrected chi connectivity index (χ1v) is 15.0. The molecule has 1 aliphatic heterocycles. The Hall–Kier alpha value is -5.50.